The van der Waals surface area contributed by atoms with Gasteiger partial charge in [-0.3, -0.25) is 4.79 Å². The van der Waals surface area contributed by atoms with Crippen molar-refractivity contribution in [1.82, 2.24) is 15.2 Å². The summed E-state index contributed by atoms with van der Waals surface area (Å²) in [7, 11) is 0. The molecule has 0 unspecified atom stereocenters. The Hall–Kier alpha value is -2.16. The third kappa shape index (κ3) is 5.18. The number of hydrogen-bond acceptors (Lipinski definition) is 7. The number of pyridine rings is 1. The van der Waals surface area contributed by atoms with Crippen molar-refractivity contribution in [3.63, 3.8) is 0 Å². The van der Waals surface area contributed by atoms with Gasteiger partial charge in [-0.15, -0.1) is 10.2 Å². The highest BCUT2D eigenvalue weighted by Crippen LogP contribution is 2.30. The van der Waals surface area contributed by atoms with E-state index in [-0.39, 0.29) is 16.8 Å². The number of hydrogen-bond donors (Lipinski definition) is 2. The summed E-state index contributed by atoms with van der Waals surface area (Å²) in [4.78, 5) is 16.0. The number of halogens is 1. The van der Waals surface area contributed by atoms with Crippen LogP contribution in [0, 0.1) is 6.92 Å². The molecule has 2 heterocycles. The lowest BCUT2D eigenvalue weighted by Crippen LogP contribution is -2.14. The zero-order valence-electron chi connectivity index (χ0n) is 14.8. The molecule has 3 aromatic rings. The van der Waals surface area contributed by atoms with Gasteiger partial charge >= 0.3 is 0 Å². The smallest absolute Gasteiger partial charge is 0.234 e. The van der Waals surface area contributed by atoms with Crippen LogP contribution >= 0.6 is 34.7 Å². The minimum Gasteiger partial charge on any atom is -0.330 e. The standard InChI is InChI=1S/C18H18ClN5OS2/c1-3-12-7-4-6-11(2)15(12)22-17-23-24-18(27-17)26-10-14(25)21-13-8-5-9-20-16(13)19/h4-9H,3,10H2,1-2H3,(H,21,25)(H,22,23). The molecule has 0 bridgehead atoms. The molecule has 6 nitrogen and oxygen atoms in total. The number of nitrogens with one attached hydrogen (secondary N) is 2. The molecule has 0 aliphatic rings. The molecule has 0 radical (unpaired) electrons. The minimum absolute atomic E-state index is 0.174. The van der Waals surface area contributed by atoms with E-state index in [1.807, 2.05) is 6.07 Å². The predicted molar refractivity (Wildman–Crippen MR) is 112 cm³/mol. The van der Waals surface area contributed by atoms with Gasteiger partial charge in [-0.25, -0.2) is 4.98 Å². The van der Waals surface area contributed by atoms with Crippen molar-refractivity contribution in [2.75, 3.05) is 16.4 Å². The molecule has 2 N–H and O–H groups in total. The number of thioether (sulfide) groups is 1. The molecule has 2 aromatic heterocycles. The normalized spacial score (nSPS) is 10.6. The van der Waals surface area contributed by atoms with Crippen molar-refractivity contribution in [3.8, 4) is 0 Å². The molecule has 0 saturated carbocycles. The molecule has 1 aromatic carbocycles. The number of aromatic nitrogens is 3. The Morgan fingerprint density at radius 1 is 1.26 bits per heavy atom. The first-order valence-electron chi connectivity index (χ1n) is 8.29. The van der Waals surface area contributed by atoms with Gasteiger partial charge in [0.2, 0.25) is 11.0 Å². The van der Waals surface area contributed by atoms with E-state index < -0.39 is 0 Å². The van der Waals surface area contributed by atoms with Crippen LogP contribution in [0.3, 0.4) is 0 Å². The van der Waals surface area contributed by atoms with Crippen LogP contribution in [-0.4, -0.2) is 26.8 Å². The second kappa shape index (κ2) is 9.16. The summed E-state index contributed by atoms with van der Waals surface area (Å²) < 4.78 is 0.719. The van der Waals surface area contributed by atoms with Crippen molar-refractivity contribution >= 4 is 57.1 Å². The van der Waals surface area contributed by atoms with E-state index in [1.165, 1.54) is 28.7 Å². The Labute approximate surface area is 170 Å². The number of anilines is 3. The Bertz CT molecular complexity index is 947. The van der Waals surface area contributed by atoms with E-state index in [9.17, 15) is 4.79 Å². The lowest BCUT2D eigenvalue weighted by atomic mass is 10.1. The van der Waals surface area contributed by atoms with Gasteiger partial charge in [0.25, 0.3) is 0 Å². The van der Waals surface area contributed by atoms with E-state index >= 15 is 0 Å². The number of amides is 1. The van der Waals surface area contributed by atoms with Gasteiger partial charge in [0.05, 0.1) is 11.4 Å². The molecule has 9 heteroatoms. The average molecular weight is 420 g/mol. The number of aryl methyl sites for hydroxylation is 2. The molecule has 0 fully saturated rings. The maximum absolute atomic E-state index is 12.1. The Morgan fingerprint density at radius 3 is 2.89 bits per heavy atom. The van der Waals surface area contributed by atoms with Gasteiger partial charge in [0.15, 0.2) is 9.49 Å². The van der Waals surface area contributed by atoms with Gasteiger partial charge in [-0.1, -0.05) is 59.8 Å². The van der Waals surface area contributed by atoms with Gasteiger partial charge in [-0.05, 0) is 36.6 Å². The molecule has 0 aliphatic carbocycles. The van der Waals surface area contributed by atoms with E-state index in [2.05, 4.69) is 51.8 Å². The molecule has 3 rings (SSSR count). The minimum atomic E-state index is -0.174. The molecule has 0 aliphatic heterocycles. The Balaban J connectivity index is 1.59. The highest BCUT2D eigenvalue weighted by Gasteiger charge is 2.12. The molecule has 1 amide bonds. The van der Waals surface area contributed by atoms with Gasteiger partial charge in [-0.2, -0.15) is 0 Å². The number of carbonyl (C=O) groups excluding carboxylic acids is 1. The molecule has 140 valence electrons. The number of para-hydroxylation sites is 1. The summed E-state index contributed by atoms with van der Waals surface area (Å²) in [5, 5.41) is 15.4. The number of benzene rings is 1. The van der Waals surface area contributed by atoms with Crippen molar-refractivity contribution in [3.05, 3.63) is 52.8 Å². The first kappa shape index (κ1) is 19.6. The van der Waals surface area contributed by atoms with E-state index in [1.54, 1.807) is 18.3 Å². The van der Waals surface area contributed by atoms with E-state index in [0.29, 0.717) is 10.8 Å². The average Bonchev–Trinajstić information content (AvgIpc) is 3.11. The summed E-state index contributed by atoms with van der Waals surface area (Å²) in [5.41, 5.74) is 3.95. The van der Waals surface area contributed by atoms with Crippen LogP contribution in [0.2, 0.25) is 5.15 Å². The zero-order chi connectivity index (χ0) is 19.2. The summed E-state index contributed by atoms with van der Waals surface area (Å²) in [6.07, 6.45) is 2.50. The molecular weight excluding hydrogens is 402 g/mol. The topological polar surface area (TPSA) is 79.8 Å². The fourth-order valence-corrected chi connectivity index (χ4v) is 4.14. The lowest BCUT2D eigenvalue weighted by molar-refractivity contribution is -0.113. The van der Waals surface area contributed by atoms with Crippen LogP contribution in [0.15, 0.2) is 40.9 Å². The summed E-state index contributed by atoms with van der Waals surface area (Å²) in [6, 6.07) is 9.63. The van der Waals surface area contributed by atoms with Crippen molar-refractivity contribution in [1.29, 1.82) is 0 Å². The molecular formula is C18H18ClN5OS2. The van der Waals surface area contributed by atoms with Crippen LogP contribution in [0.5, 0.6) is 0 Å². The monoisotopic (exact) mass is 419 g/mol. The SMILES string of the molecule is CCc1cccc(C)c1Nc1nnc(SCC(=O)Nc2cccnc2Cl)s1. The van der Waals surface area contributed by atoms with Gasteiger partial charge in [0.1, 0.15) is 0 Å². The second-order valence-electron chi connectivity index (χ2n) is 5.64. The molecule has 0 spiro atoms. The maximum atomic E-state index is 12.1. The molecule has 0 saturated heterocycles. The number of carbonyl (C=O) groups is 1. The molecule has 0 atom stereocenters. The van der Waals surface area contributed by atoms with E-state index in [0.717, 1.165) is 22.0 Å². The number of rotatable bonds is 7. The lowest BCUT2D eigenvalue weighted by Gasteiger charge is -2.11. The summed E-state index contributed by atoms with van der Waals surface area (Å²) in [5.74, 6) is 0.0385. The number of nitrogens with zero attached hydrogens (tertiary/aromatic N) is 3. The fraction of sp³-hybridized carbons (Fsp3) is 0.222. The van der Waals surface area contributed by atoms with Crippen LogP contribution < -0.4 is 10.6 Å². The largest absolute Gasteiger partial charge is 0.330 e. The third-order valence-corrected chi connectivity index (χ3v) is 6.01. The van der Waals surface area contributed by atoms with Crippen LogP contribution in [0.4, 0.5) is 16.5 Å². The quantitative estimate of drug-likeness (QED) is 0.417. The van der Waals surface area contributed by atoms with Gasteiger partial charge < -0.3 is 10.6 Å². The van der Waals surface area contributed by atoms with Crippen LogP contribution in [-0.2, 0) is 11.2 Å². The first-order chi connectivity index (χ1) is 13.1. The highest BCUT2D eigenvalue weighted by molar-refractivity contribution is 8.01. The zero-order valence-corrected chi connectivity index (χ0v) is 17.2. The summed E-state index contributed by atoms with van der Waals surface area (Å²) >= 11 is 8.69. The second-order valence-corrected chi connectivity index (χ2v) is 8.20. The van der Waals surface area contributed by atoms with Gasteiger partial charge in [0, 0.05) is 11.9 Å². The highest BCUT2D eigenvalue weighted by atomic mass is 35.5. The fourth-order valence-electron chi connectivity index (χ4n) is 2.42. The Morgan fingerprint density at radius 2 is 2.11 bits per heavy atom. The maximum Gasteiger partial charge on any atom is 0.234 e. The third-order valence-electron chi connectivity index (χ3n) is 3.74. The van der Waals surface area contributed by atoms with Crippen LogP contribution in [0.1, 0.15) is 18.1 Å². The Kier molecular flexibility index (Phi) is 6.65. The van der Waals surface area contributed by atoms with Crippen LogP contribution in [0.25, 0.3) is 0 Å². The molecule has 27 heavy (non-hydrogen) atoms. The van der Waals surface area contributed by atoms with E-state index in [4.69, 9.17) is 11.6 Å². The first-order valence-corrected chi connectivity index (χ1v) is 10.5. The van der Waals surface area contributed by atoms with Crippen molar-refractivity contribution < 1.29 is 4.79 Å². The van der Waals surface area contributed by atoms with Crippen molar-refractivity contribution in [2.24, 2.45) is 0 Å². The van der Waals surface area contributed by atoms with Crippen molar-refractivity contribution in [2.45, 2.75) is 24.6 Å². The predicted octanol–water partition coefficient (Wildman–Crippen LogP) is 4.93. The summed E-state index contributed by atoms with van der Waals surface area (Å²) in [6.45, 7) is 4.18.